The smallest absolute Gasteiger partial charge is 0.0668 e. The lowest BCUT2D eigenvalue weighted by Crippen LogP contribution is -2.34. The Bertz CT molecular complexity index is 252. The minimum Gasteiger partial charge on any atom is -0.377 e. The summed E-state index contributed by atoms with van der Waals surface area (Å²) < 4.78 is 6.06. The van der Waals surface area contributed by atoms with Crippen LogP contribution in [0.25, 0.3) is 0 Å². The van der Waals surface area contributed by atoms with Gasteiger partial charge in [0.05, 0.1) is 6.10 Å². The van der Waals surface area contributed by atoms with Crippen LogP contribution in [0.1, 0.15) is 77.6 Å². The molecule has 0 aromatic rings. The van der Waals surface area contributed by atoms with Gasteiger partial charge in [-0.2, -0.15) is 0 Å². The van der Waals surface area contributed by atoms with E-state index >= 15 is 0 Å². The van der Waals surface area contributed by atoms with Gasteiger partial charge in [-0.15, -0.1) is 0 Å². The Hall–Kier alpha value is 0.440. The van der Waals surface area contributed by atoms with Gasteiger partial charge in [-0.25, -0.2) is 0 Å². The molecule has 1 nitrogen and oxygen atoms in total. The molecule has 112 valence electrons. The summed E-state index contributed by atoms with van der Waals surface area (Å²) >= 11 is 3.79. The molecule has 1 saturated carbocycles. The van der Waals surface area contributed by atoms with E-state index < -0.39 is 0 Å². The maximum absolute atomic E-state index is 6.06. The van der Waals surface area contributed by atoms with Crippen LogP contribution in [0.3, 0.4) is 0 Å². The van der Waals surface area contributed by atoms with E-state index in [0.29, 0.717) is 11.5 Å². The molecule has 1 aliphatic heterocycles. The maximum atomic E-state index is 6.06. The zero-order chi connectivity index (χ0) is 13.6. The first kappa shape index (κ1) is 15.8. The van der Waals surface area contributed by atoms with Gasteiger partial charge >= 0.3 is 0 Å². The lowest BCUT2D eigenvalue weighted by atomic mass is 9.76. The van der Waals surface area contributed by atoms with Crippen molar-refractivity contribution in [1.82, 2.24) is 0 Å². The molecule has 2 atom stereocenters. The van der Waals surface area contributed by atoms with Crippen molar-refractivity contribution in [1.29, 1.82) is 0 Å². The predicted molar refractivity (Wildman–Crippen MR) is 85.9 cm³/mol. The second-order valence-electron chi connectivity index (χ2n) is 6.75. The fourth-order valence-electron chi connectivity index (χ4n) is 3.65. The molecule has 0 aromatic heterocycles. The largest absolute Gasteiger partial charge is 0.377 e. The van der Waals surface area contributed by atoms with Crippen molar-refractivity contribution in [3.8, 4) is 0 Å². The van der Waals surface area contributed by atoms with Crippen molar-refractivity contribution in [3.63, 3.8) is 0 Å². The summed E-state index contributed by atoms with van der Waals surface area (Å²) in [5.41, 5.74) is 0.477. The lowest BCUT2D eigenvalue weighted by molar-refractivity contribution is 0.0365. The van der Waals surface area contributed by atoms with E-state index in [9.17, 15) is 0 Å². The maximum Gasteiger partial charge on any atom is 0.0668 e. The molecule has 0 amide bonds. The highest BCUT2D eigenvalue weighted by Crippen LogP contribution is 2.51. The van der Waals surface area contributed by atoms with Crippen molar-refractivity contribution in [2.75, 3.05) is 11.9 Å². The Morgan fingerprint density at radius 2 is 1.74 bits per heavy atom. The minimum absolute atomic E-state index is 0.477. The zero-order valence-corrected chi connectivity index (χ0v) is 14.2. The standard InChI is InChI=1S/C17H31BrO/c1-2-3-4-5-6-7-8-11-17(14-18)12-13-19-16(17)15-9-10-15/h15-16H,2-14H2,1H3. The second kappa shape index (κ2) is 8.02. The third-order valence-corrected chi connectivity index (χ3v) is 6.21. The molecule has 0 aromatic carbocycles. The van der Waals surface area contributed by atoms with Gasteiger partial charge < -0.3 is 4.74 Å². The third-order valence-electron chi connectivity index (χ3n) is 5.10. The van der Waals surface area contributed by atoms with Gasteiger partial charge in [-0.3, -0.25) is 0 Å². The van der Waals surface area contributed by atoms with Crippen LogP contribution in [0.5, 0.6) is 0 Å². The highest BCUT2D eigenvalue weighted by molar-refractivity contribution is 9.09. The van der Waals surface area contributed by atoms with Gasteiger partial charge in [0.15, 0.2) is 0 Å². The highest BCUT2D eigenvalue weighted by Gasteiger charge is 2.49. The average Bonchev–Trinajstić information content (AvgIpc) is 3.19. The van der Waals surface area contributed by atoms with Gasteiger partial charge in [-0.05, 0) is 31.6 Å². The van der Waals surface area contributed by atoms with Crippen LogP contribution in [0.2, 0.25) is 0 Å². The van der Waals surface area contributed by atoms with Crippen LogP contribution in [0.4, 0.5) is 0 Å². The first-order chi connectivity index (χ1) is 9.32. The van der Waals surface area contributed by atoms with Crippen LogP contribution < -0.4 is 0 Å². The molecule has 0 N–H and O–H groups in total. The van der Waals surface area contributed by atoms with Gasteiger partial charge in [0.2, 0.25) is 0 Å². The van der Waals surface area contributed by atoms with Crippen molar-refractivity contribution in [3.05, 3.63) is 0 Å². The molecule has 2 rings (SSSR count). The first-order valence-corrected chi connectivity index (χ1v) is 9.62. The molecule has 19 heavy (non-hydrogen) atoms. The van der Waals surface area contributed by atoms with Crippen molar-refractivity contribution >= 4 is 15.9 Å². The van der Waals surface area contributed by atoms with Crippen LogP contribution in [0, 0.1) is 11.3 Å². The third kappa shape index (κ3) is 4.46. The van der Waals surface area contributed by atoms with Crippen LogP contribution >= 0.6 is 15.9 Å². The Labute approximate surface area is 128 Å². The molecular formula is C17H31BrO. The van der Waals surface area contributed by atoms with E-state index in [-0.39, 0.29) is 0 Å². The summed E-state index contributed by atoms with van der Waals surface area (Å²) in [7, 11) is 0. The molecule has 2 unspecified atom stereocenters. The monoisotopic (exact) mass is 330 g/mol. The number of ether oxygens (including phenoxy) is 1. The van der Waals surface area contributed by atoms with E-state index in [0.717, 1.165) is 17.9 Å². The Morgan fingerprint density at radius 3 is 2.37 bits per heavy atom. The summed E-state index contributed by atoms with van der Waals surface area (Å²) in [5.74, 6) is 0.893. The summed E-state index contributed by atoms with van der Waals surface area (Å²) in [4.78, 5) is 0. The molecule has 1 aliphatic carbocycles. The van der Waals surface area contributed by atoms with Gasteiger partial charge in [-0.1, -0.05) is 67.8 Å². The molecule has 2 aliphatic rings. The van der Waals surface area contributed by atoms with Crippen LogP contribution in [-0.2, 0) is 4.74 Å². The molecular weight excluding hydrogens is 300 g/mol. The van der Waals surface area contributed by atoms with E-state index in [2.05, 4.69) is 22.9 Å². The number of unbranched alkanes of at least 4 members (excludes halogenated alkanes) is 6. The summed E-state index contributed by atoms with van der Waals surface area (Å²) in [6.45, 7) is 3.29. The molecule has 2 heteroatoms. The second-order valence-corrected chi connectivity index (χ2v) is 7.31. The number of rotatable bonds is 10. The van der Waals surface area contributed by atoms with Gasteiger partial charge in [0, 0.05) is 17.4 Å². The Morgan fingerprint density at radius 1 is 1.05 bits per heavy atom. The fraction of sp³-hybridized carbons (Fsp3) is 1.00. The van der Waals surface area contributed by atoms with E-state index in [1.807, 2.05) is 0 Å². The number of hydrogen-bond acceptors (Lipinski definition) is 1. The highest BCUT2D eigenvalue weighted by atomic mass is 79.9. The van der Waals surface area contributed by atoms with Crippen molar-refractivity contribution in [2.24, 2.45) is 11.3 Å². The van der Waals surface area contributed by atoms with E-state index in [1.165, 1.54) is 70.6 Å². The Kier molecular flexibility index (Phi) is 6.68. The molecule has 2 fully saturated rings. The number of alkyl halides is 1. The van der Waals surface area contributed by atoms with Crippen molar-refractivity contribution < 1.29 is 4.74 Å². The average molecular weight is 331 g/mol. The number of hydrogen-bond donors (Lipinski definition) is 0. The quantitative estimate of drug-likeness (QED) is 0.368. The van der Waals surface area contributed by atoms with Crippen LogP contribution in [-0.4, -0.2) is 18.0 Å². The SMILES string of the molecule is CCCCCCCCCC1(CBr)CCOC1C1CC1. The Balaban J connectivity index is 1.64. The molecule has 0 bridgehead atoms. The topological polar surface area (TPSA) is 9.23 Å². The summed E-state index contributed by atoms with van der Waals surface area (Å²) in [6, 6.07) is 0. The van der Waals surface area contributed by atoms with Crippen molar-refractivity contribution in [2.45, 2.75) is 83.7 Å². The minimum atomic E-state index is 0.477. The fourth-order valence-corrected chi connectivity index (χ4v) is 4.53. The zero-order valence-electron chi connectivity index (χ0n) is 12.6. The molecule has 0 spiro atoms. The van der Waals surface area contributed by atoms with E-state index in [1.54, 1.807) is 0 Å². The predicted octanol–water partition coefficient (Wildman–Crippen LogP) is 5.71. The van der Waals surface area contributed by atoms with Gasteiger partial charge in [0.1, 0.15) is 0 Å². The normalized spacial score (nSPS) is 30.9. The first-order valence-electron chi connectivity index (χ1n) is 8.50. The molecule has 1 heterocycles. The molecule has 0 radical (unpaired) electrons. The van der Waals surface area contributed by atoms with Gasteiger partial charge in [0.25, 0.3) is 0 Å². The lowest BCUT2D eigenvalue weighted by Gasteiger charge is -2.32. The van der Waals surface area contributed by atoms with E-state index in [4.69, 9.17) is 4.74 Å². The number of halogens is 1. The summed E-state index contributed by atoms with van der Waals surface area (Å²) in [6.07, 6.45) is 16.0. The molecule has 1 saturated heterocycles. The summed E-state index contributed by atoms with van der Waals surface area (Å²) in [5, 5.41) is 1.15. The van der Waals surface area contributed by atoms with Crippen LogP contribution in [0.15, 0.2) is 0 Å².